The number of likely N-dealkylation sites (tertiary alicyclic amines) is 1. The molecule has 3 aromatic rings. The molecule has 4 rings (SSSR count). The lowest BCUT2D eigenvalue weighted by atomic mass is 9.88. The monoisotopic (exact) mass is 431 g/mol. The number of benzene rings is 2. The van der Waals surface area contributed by atoms with Crippen molar-refractivity contribution in [3.63, 3.8) is 0 Å². The van der Waals surface area contributed by atoms with Crippen LogP contribution in [0.2, 0.25) is 0 Å². The van der Waals surface area contributed by atoms with Crippen molar-refractivity contribution in [2.75, 3.05) is 19.6 Å². The second kappa shape index (κ2) is 10.7. The van der Waals surface area contributed by atoms with E-state index in [2.05, 4.69) is 59.2 Å². The summed E-state index contributed by atoms with van der Waals surface area (Å²) in [6.07, 6.45) is 3.79. The number of nitrogens with zero attached hydrogens (tertiary/aromatic N) is 1. The molecule has 1 aromatic heterocycles. The molecule has 1 aliphatic heterocycles. The smallest absolute Gasteiger partial charge is 0.315 e. The van der Waals surface area contributed by atoms with Crippen molar-refractivity contribution in [2.45, 2.75) is 31.2 Å². The molecule has 0 spiro atoms. The third-order valence-corrected chi connectivity index (χ3v) is 5.97. The Bertz CT molecular complexity index is 942. The van der Waals surface area contributed by atoms with E-state index in [1.54, 1.807) is 17.0 Å². The third-order valence-electron chi connectivity index (χ3n) is 5.97. The van der Waals surface area contributed by atoms with E-state index in [9.17, 15) is 9.59 Å². The van der Waals surface area contributed by atoms with Crippen LogP contribution in [0.3, 0.4) is 0 Å². The summed E-state index contributed by atoms with van der Waals surface area (Å²) in [5.74, 6) is 0.500. The Labute approximate surface area is 188 Å². The standard InChI is InChI=1S/C26H29N3O3/c30-25(24-12-7-19-32-24)29-17-14-22(15-18-29)28-26(31)27-16-13-23(20-8-3-1-4-9-20)21-10-5-2-6-11-21/h1-12,19,22-23H,13-18H2,(H2,27,28,31). The average Bonchev–Trinajstić information content (AvgIpc) is 3.38. The van der Waals surface area contributed by atoms with Crippen LogP contribution in [0.15, 0.2) is 83.5 Å². The quantitative estimate of drug-likeness (QED) is 0.582. The minimum atomic E-state index is -0.152. The van der Waals surface area contributed by atoms with Crippen LogP contribution in [0.1, 0.15) is 46.9 Å². The predicted octanol–water partition coefficient (Wildman–Crippen LogP) is 4.41. The number of hydrogen-bond donors (Lipinski definition) is 2. The largest absolute Gasteiger partial charge is 0.459 e. The summed E-state index contributed by atoms with van der Waals surface area (Å²) in [7, 11) is 0. The molecule has 6 heteroatoms. The normalized spacial score (nSPS) is 14.3. The van der Waals surface area contributed by atoms with Gasteiger partial charge in [-0.15, -0.1) is 0 Å². The SMILES string of the molecule is O=C(NCCC(c1ccccc1)c1ccccc1)NC1CCN(C(=O)c2ccco2)CC1. The molecule has 0 radical (unpaired) electrons. The van der Waals surface area contributed by atoms with Gasteiger partial charge in [0.05, 0.1) is 6.26 Å². The van der Waals surface area contributed by atoms with Gasteiger partial charge in [0.15, 0.2) is 5.76 Å². The van der Waals surface area contributed by atoms with E-state index in [-0.39, 0.29) is 23.9 Å². The molecule has 0 atom stereocenters. The number of nitrogens with one attached hydrogen (secondary N) is 2. The van der Waals surface area contributed by atoms with Crippen LogP contribution in [0, 0.1) is 0 Å². The van der Waals surface area contributed by atoms with Gasteiger partial charge < -0.3 is 20.0 Å². The average molecular weight is 432 g/mol. The molecule has 0 aliphatic carbocycles. The second-order valence-electron chi connectivity index (χ2n) is 8.11. The summed E-state index contributed by atoms with van der Waals surface area (Å²) in [5.41, 5.74) is 2.49. The second-order valence-corrected chi connectivity index (χ2v) is 8.11. The number of piperidine rings is 1. The topological polar surface area (TPSA) is 74.6 Å². The van der Waals surface area contributed by atoms with Crippen molar-refractivity contribution >= 4 is 11.9 Å². The molecule has 0 saturated carbocycles. The van der Waals surface area contributed by atoms with Crippen molar-refractivity contribution in [1.82, 2.24) is 15.5 Å². The van der Waals surface area contributed by atoms with E-state index >= 15 is 0 Å². The molecular formula is C26H29N3O3. The fraction of sp³-hybridized carbons (Fsp3) is 0.308. The minimum Gasteiger partial charge on any atom is -0.459 e. The highest BCUT2D eigenvalue weighted by Gasteiger charge is 2.25. The number of amides is 3. The summed E-state index contributed by atoms with van der Waals surface area (Å²) < 4.78 is 5.20. The molecule has 3 amide bonds. The molecule has 2 heterocycles. The van der Waals surface area contributed by atoms with Crippen LogP contribution >= 0.6 is 0 Å². The Balaban J connectivity index is 1.24. The number of rotatable bonds is 7. The Hall–Kier alpha value is -3.54. The number of carbonyl (C=O) groups excluding carboxylic acids is 2. The molecular weight excluding hydrogens is 402 g/mol. The third kappa shape index (κ3) is 5.58. The Morgan fingerprint density at radius 2 is 1.53 bits per heavy atom. The number of carbonyl (C=O) groups is 2. The van der Waals surface area contributed by atoms with Gasteiger partial charge in [0.1, 0.15) is 0 Å². The van der Waals surface area contributed by atoms with Gasteiger partial charge >= 0.3 is 6.03 Å². The summed E-state index contributed by atoms with van der Waals surface area (Å²) >= 11 is 0. The molecule has 6 nitrogen and oxygen atoms in total. The summed E-state index contributed by atoms with van der Waals surface area (Å²) in [6.45, 7) is 1.79. The molecule has 1 saturated heterocycles. The molecule has 166 valence electrons. The zero-order valence-corrected chi connectivity index (χ0v) is 18.1. The first-order valence-corrected chi connectivity index (χ1v) is 11.2. The van der Waals surface area contributed by atoms with Crippen molar-refractivity contribution in [3.8, 4) is 0 Å². The molecule has 0 bridgehead atoms. The van der Waals surface area contributed by atoms with Crippen LogP contribution in [0.5, 0.6) is 0 Å². The zero-order valence-electron chi connectivity index (χ0n) is 18.1. The summed E-state index contributed by atoms with van der Waals surface area (Å²) in [4.78, 5) is 26.6. The maximum absolute atomic E-state index is 12.5. The van der Waals surface area contributed by atoms with E-state index in [4.69, 9.17) is 4.42 Å². The van der Waals surface area contributed by atoms with Crippen molar-refractivity contribution in [1.29, 1.82) is 0 Å². The zero-order chi connectivity index (χ0) is 22.2. The molecule has 32 heavy (non-hydrogen) atoms. The van der Waals surface area contributed by atoms with Gasteiger partial charge in [0.2, 0.25) is 0 Å². The maximum Gasteiger partial charge on any atom is 0.315 e. The van der Waals surface area contributed by atoms with Crippen molar-refractivity contribution in [3.05, 3.63) is 95.9 Å². The van der Waals surface area contributed by atoms with E-state index in [1.165, 1.54) is 17.4 Å². The van der Waals surface area contributed by atoms with E-state index in [0.29, 0.717) is 25.4 Å². The predicted molar refractivity (Wildman–Crippen MR) is 124 cm³/mol. The fourth-order valence-corrected chi connectivity index (χ4v) is 4.25. The lowest BCUT2D eigenvalue weighted by molar-refractivity contribution is 0.0676. The number of urea groups is 1. The first-order chi connectivity index (χ1) is 15.7. The molecule has 1 aliphatic rings. The fourth-order valence-electron chi connectivity index (χ4n) is 4.25. The van der Waals surface area contributed by atoms with Gasteiger partial charge in [-0.3, -0.25) is 4.79 Å². The van der Waals surface area contributed by atoms with Crippen LogP contribution < -0.4 is 10.6 Å². The first kappa shape index (κ1) is 21.7. The van der Waals surface area contributed by atoms with Crippen LogP contribution in [-0.2, 0) is 0 Å². The van der Waals surface area contributed by atoms with Gasteiger partial charge in [0.25, 0.3) is 5.91 Å². The molecule has 2 aromatic carbocycles. The summed E-state index contributed by atoms with van der Waals surface area (Å²) in [6, 6.07) is 24.1. The Morgan fingerprint density at radius 1 is 0.906 bits per heavy atom. The van der Waals surface area contributed by atoms with Crippen LogP contribution in [0.25, 0.3) is 0 Å². The van der Waals surface area contributed by atoms with Crippen LogP contribution in [-0.4, -0.2) is 42.5 Å². The molecule has 0 unspecified atom stereocenters. The van der Waals surface area contributed by atoms with Gasteiger partial charge in [-0.25, -0.2) is 4.79 Å². The van der Waals surface area contributed by atoms with Crippen molar-refractivity contribution < 1.29 is 14.0 Å². The van der Waals surface area contributed by atoms with Gasteiger partial charge in [-0.05, 0) is 42.5 Å². The Kier molecular flexibility index (Phi) is 7.23. The van der Waals surface area contributed by atoms with Gasteiger partial charge in [-0.1, -0.05) is 60.7 Å². The van der Waals surface area contributed by atoms with Gasteiger partial charge in [-0.2, -0.15) is 0 Å². The van der Waals surface area contributed by atoms with E-state index < -0.39 is 0 Å². The number of furan rings is 1. The maximum atomic E-state index is 12.5. The van der Waals surface area contributed by atoms with E-state index in [1.807, 2.05) is 12.1 Å². The highest BCUT2D eigenvalue weighted by Crippen LogP contribution is 2.27. The molecule has 1 fully saturated rings. The Morgan fingerprint density at radius 3 is 2.09 bits per heavy atom. The van der Waals surface area contributed by atoms with Crippen LogP contribution in [0.4, 0.5) is 4.79 Å². The van der Waals surface area contributed by atoms with E-state index in [0.717, 1.165) is 19.3 Å². The number of hydrogen-bond acceptors (Lipinski definition) is 3. The van der Waals surface area contributed by atoms with Gasteiger partial charge in [0, 0.05) is 31.6 Å². The lowest BCUT2D eigenvalue weighted by Crippen LogP contribution is -2.49. The van der Waals surface area contributed by atoms with Crippen molar-refractivity contribution in [2.24, 2.45) is 0 Å². The highest BCUT2D eigenvalue weighted by atomic mass is 16.3. The minimum absolute atomic E-state index is 0.0645. The summed E-state index contributed by atoms with van der Waals surface area (Å²) in [5, 5.41) is 6.07. The first-order valence-electron chi connectivity index (χ1n) is 11.2. The molecule has 2 N–H and O–H groups in total. The highest BCUT2D eigenvalue weighted by molar-refractivity contribution is 5.91. The lowest BCUT2D eigenvalue weighted by Gasteiger charge is -2.31.